The van der Waals surface area contributed by atoms with Crippen LogP contribution in [0, 0.1) is 0 Å². The molecule has 3 aromatic rings. The van der Waals surface area contributed by atoms with E-state index in [2.05, 4.69) is 15.0 Å². The van der Waals surface area contributed by atoms with Crippen LogP contribution >= 0.6 is 0 Å². The van der Waals surface area contributed by atoms with Gasteiger partial charge in [0.15, 0.2) is 0 Å². The van der Waals surface area contributed by atoms with Crippen LogP contribution in [0.1, 0.15) is 0 Å². The summed E-state index contributed by atoms with van der Waals surface area (Å²) in [6.45, 7) is 0. The predicted octanol–water partition coefficient (Wildman–Crippen LogP) is 1.79. The number of imidazole rings is 1. The zero-order valence-corrected chi connectivity index (χ0v) is 7.91. The van der Waals surface area contributed by atoms with Crippen molar-refractivity contribution in [1.82, 2.24) is 19.4 Å². The monoisotopic (exact) mass is 196 g/mol. The van der Waals surface area contributed by atoms with Gasteiger partial charge in [-0.1, -0.05) is 6.07 Å². The van der Waals surface area contributed by atoms with Crippen LogP contribution < -0.4 is 0 Å². The van der Waals surface area contributed by atoms with Crippen LogP contribution in [0.3, 0.4) is 0 Å². The van der Waals surface area contributed by atoms with Crippen LogP contribution in [-0.4, -0.2) is 19.4 Å². The molecule has 0 spiro atoms. The Bertz CT molecular complexity index is 553. The van der Waals surface area contributed by atoms with Crippen LogP contribution in [-0.2, 0) is 0 Å². The molecule has 0 N–H and O–H groups in total. The number of fused-ring (bicyclic) bond motifs is 1. The lowest BCUT2D eigenvalue weighted by atomic mass is 10.3. The van der Waals surface area contributed by atoms with Crippen molar-refractivity contribution in [2.75, 3.05) is 0 Å². The molecule has 0 aliphatic carbocycles. The maximum Gasteiger partial charge on any atom is 0.234 e. The lowest BCUT2D eigenvalue weighted by Crippen LogP contribution is -1.83. The van der Waals surface area contributed by atoms with Gasteiger partial charge in [0.1, 0.15) is 5.69 Å². The first-order chi connectivity index (χ1) is 7.43. The zero-order chi connectivity index (χ0) is 10.1. The van der Waals surface area contributed by atoms with E-state index in [0.717, 1.165) is 11.4 Å². The Morgan fingerprint density at radius 3 is 2.67 bits per heavy atom. The molecule has 0 fully saturated rings. The second kappa shape index (κ2) is 3.16. The normalized spacial score (nSPS) is 10.7. The van der Waals surface area contributed by atoms with Gasteiger partial charge in [-0.15, -0.1) is 0 Å². The highest BCUT2D eigenvalue weighted by Crippen LogP contribution is 2.14. The van der Waals surface area contributed by atoms with Gasteiger partial charge in [0.25, 0.3) is 0 Å². The summed E-state index contributed by atoms with van der Waals surface area (Å²) < 4.78 is 1.88. The summed E-state index contributed by atoms with van der Waals surface area (Å²) in [7, 11) is 0. The largest absolute Gasteiger partial charge is 0.290 e. The zero-order valence-electron chi connectivity index (χ0n) is 7.91. The average molecular weight is 196 g/mol. The van der Waals surface area contributed by atoms with Crippen molar-refractivity contribution in [3.05, 3.63) is 49.1 Å². The molecule has 0 aliphatic rings. The number of aromatic nitrogens is 4. The molecule has 0 atom stereocenters. The second-order valence-corrected chi connectivity index (χ2v) is 3.17. The fourth-order valence-electron chi connectivity index (χ4n) is 1.47. The fourth-order valence-corrected chi connectivity index (χ4v) is 1.47. The second-order valence-electron chi connectivity index (χ2n) is 3.17. The minimum absolute atomic E-state index is 0.693. The topological polar surface area (TPSA) is 43.1 Å². The molecule has 0 saturated heterocycles. The van der Waals surface area contributed by atoms with Crippen molar-refractivity contribution in [2.45, 2.75) is 0 Å². The summed E-state index contributed by atoms with van der Waals surface area (Å²) in [4.78, 5) is 12.8. The Labute approximate surface area is 86.3 Å². The van der Waals surface area contributed by atoms with Gasteiger partial charge >= 0.3 is 0 Å². The van der Waals surface area contributed by atoms with E-state index in [1.54, 1.807) is 12.4 Å². The summed E-state index contributed by atoms with van der Waals surface area (Å²) >= 11 is 0. The molecule has 3 heterocycles. The van der Waals surface area contributed by atoms with Crippen LogP contribution in [0.2, 0.25) is 0 Å². The maximum atomic E-state index is 4.37. The minimum atomic E-state index is 0.693. The summed E-state index contributed by atoms with van der Waals surface area (Å²) in [5.74, 6) is 0.693. The molecule has 0 amide bonds. The number of nitrogens with zero attached hydrogens (tertiary/aromatic N) is 4. The van der Waals surface area contributed by atoms with Crippen LogP contribution in [0.15, 0.2) is 49.1 Å². The number of hydrogen-bond acceptors (Lipinski definition) is 3. The lowest BCUT2D eigenvalue weighted by Gasteiger charge is -1.91. The van der Waals surface area contributed by atoms with Crippen molar-refractivity contribution < 1.29 is 0 Å². The lowest BCUT2D eigenvalue weighted by molar-refractivity contribution is 1.11. The standard InChI is InChI=1S/C11H8N4/c1-2-5-12-9(4-1)10-8-15-7-3-6-13-11(15)14-10/h1-8H. The molecule has 3 aromatic heterocycles. The Balaban J connectivity index is 2.21. The van der Waals surface area contributed by atoms with Crippen molar-refractivity contribution in [3.8, 4) is 11.4 Å². The average Bonchev–Trinajstić information content (AvgIpc) is 2.74. The first-order valence-electron chi connectivity index (χ1n) is 4.64. The summed E-state index contributed by atoms with van der Waals surface area (Å²) in [6, 6.07) is 7.63. The Kier molecular flexibility index (Phi) is 1.71. The Morgan fingerprint density at radius 1 is 0.933 bits per heavy atom. The molecule has 72 valence electrons. The molecule has 0 aromatic carbocycles. The van der Waals surface area contributed by atoms with Crippen LogP contribution in [0.4, 0.5) is 0 Å². The molecular formula is C11H8N4. The molecule has 0 unspecified atom stereocenters. The van der Waals surface area contributed by atoms with E-state index >= 15 is 0 Å². The fraction of sp³-hybridized carbons (Fsp3) is 0. The van der Waals surface area contributed by atoms with Gasteiger partial charge in [0.05, 0.1) is 5.69 Å². The van der Waals surface area contributed by atoms with Crippen LogP contribution in [0.25, 0.3) is 17.2 Å². The van der Waals surface area contributed by atoms with Gasteiger partial charge in [-0.3, -0.25) is 9.38 Å². The van der Waals surface area contributed by atoms with Crippen molar-refractivity contribution in [2.24, 2.45) is 0 Å². The van der Waals surface area contributed by atoms with E-state index in [9.17, 15) is 0 Å². The van der Waals surface area contributed by atoms with Crippen LogP contribution in [0.5, 0.6) is 0 Å². The molecule has 0 radical (unpaired) electrons. The van der Waals surface area contributed by atoms with E-state index < -0.39 is 0 Å². The number of rotatable bonds is 1. The third kappa shape index (κ3) is 1.36. The van der Waals surface area contributed by atoms with Gasteiger partial charge in [-0.05, 0) is 18.2 Å². The highest BCUT2D eigenvalue weighted by atomic mass is 15.1. The van der Waals surface area contributed by atoms with Crippen molar-refractivity contribution in [1.29, 1.82) is 0 Å². The third-order valence-electron chi connectivity index (χ3n) is 2.16. The molecular weight excluding hydrogens is 188 g/mol. The van der Waals surface area contributed by atoms with E-state index in [4.69, 9.17) is 0 Å². The summed E-state index contributed by atoms with van der Waals surface area (Å²) in [6.07, 6.45) is 7.32. The molecule has 0 aliphatic heterocycles. The summed E-state index contributed by atoms with van der Waals surface area (Å²) in [5.41, 5.74) is 1.71. The quantitative estimate of drug-likeness (QED) is 0.596. The van der Waals surface area contributed by atoms with Gasteiger partial charge < -0.3 is 0 Å². The highest BCUT2D eigenvalue weighted by Gasteiger charge is 2.04. The molecule has 4 nitrogen and oxygen atoms in total. The molecule has 15 heavy (non-hydrogen) atoms. The SMILES string of the molecule is c1ccc(-c2cn3cccnc3n2)nc1. The Hall–Kier alpha value is -2.23. The Morgan fingerprint density at radius 2 is 1.87 bits per heavy atom. The van der Waals surface area contributed by atoms with E-state index in [0.29, 0.717) is 5.78 Å². The first kappa shape index (κ1) is 8.11. The summed E-state index contributed by atoms with van der Waals surface area (Å²) in [5, 5.41) is 0. The van der Waals surface area contributed by atoms with E-state index in [1.165, 1.54) is 0 Å². The van der Waals surface area contributed by atoms with Crippen molar-refractivity contribution >= 4 is 5.78 Å². The van der Waals surface area contributed by atoms with Gasteiger partial charge in [-0.2, -0.15) is 0 Å². The van der Waals surface area contributed by atoms with Gasteiger partial charge in [0.2, 0.25) is 5.78 Å². The first-order valence-corrected chi connectivity index (χ1v) is 4.64. The van der Waals surface area contributed by atoms with E-state index in [1.807, 2.05) is 41.1 Å². The predicted molar refractivity (Wildman–Crippen MR) is 56.2 cm³/mol. The van der Waals surface area contributed by atoms with E-state index in [-0.39, 0.29) is 0 Å². The molecule has 0 bridgehead atoms. The molecule has 3 rings (SSSR count). The van der Waals surface area contributed by atoms with Gasteiger partial charge in [0, 0.05) is 24.8 Å². The smallest absolute Gasteiger partial charge is 0.234 e. The highest BCUT2D eigenvalue weighted by molar-refractivity contribution is 5.56. The maximum absolute atomic E-state index is 4.37. The number of pyridine rings is 1. The molecule has 4 heteroatoms. The molecule has 0 saturated carbocycles. The minimum Gasteiger partial charge on any atom is -0.290 e. The third-order valence-corrected chi connectivity index (χ3v) is 2.16. The number of hydrogen-bond donors (Lipinski definition) is 0. The van der Waals surface area contributed by atoms with Crippen molar-refractivity contribution in [3.63, 3.8) is 0 Å². The van der Waals surface area contributed by atoms with Gasteiger partial charge in [-0.25, -0.2) is 9.97 Å².